The molecule has 0 bridgehead atoms. The first kappa shape index (κ1) is 17.0. The van der Waals surface area contributed by atoms with Crippen molar-refractivity contribution >= 4 is 5.91 Å². The van der Waals surface area contributed by atoms with Crippen LogP contribution in [0.1, 0.15) is 36.2 Å². The van der Waals surface area contributed by atoms with Crippen molar-refractivity contribution in [3.8, 4) is 0 Å². The first-order valence-corrected chi connectivity index (χ1v) is 9.26. The van der Waals surface area contributed by atoms with E-state index in [0.29, 0.717) is 31.3 Å². The molecule has 1 spiro atoms. The monoisotopic (exact) mass is 349 g/mol. The SMILES string of the molecule is Cn1ccc(C(=O)N2CC3(C[C@@H](OCC4CCOCC4)CCO3)C2)n1. The highest BCUT2D eigenvalue weighted by Crippen LogP contribution is 2.36. The molecular weight excluding hydrogens is 322 g/mol. The summed E-state index contributed by atoms with van der Waals surface area (Å²) >= 11 is 0. The van der Waals surface area contributed by atoms with Crippen LogP contribution in [0.2, 0.25) is 0 Å². The van der Waals surface area contributed by atoms with Crippen molar-refractivity contribution in [1.82, 2.24) is 14.7 Å². The molecule has 25 heavy (non-hydrogen) atoms. The molecule has 3 fully saturated rings. The van der Waals surface area contributed by atoms with Crippen LogP contribution < -0.4 is 0 Å². The van der Waals surface area contributed by atoms with E-state index in [1.165, 1.54) is 0 Å². The number of carbonyl (C=O) groups excluding carboxylic acids is 1. The molecule has 0 radical (unpaired) electrons. The number of hydrogen-bond acceptors (Lipinski definition) is 5. The normalized spacial score (nSPS) is 26.6. The Bertz CT molecular complexity index is 605. The lowest BCUT2D eigenvalue weighted by atomic mass is 9.84. The second-order valence-electron chi connectivity index (χ2n) is 7.57. The van der Waals surface area contributed by atoms with Crippen LogP contribution in [0.3, 0.4) is 0 Å². The van der Waals surface area contributed by atoms with Crippen LogP contribution in [0.5, 0.6) is 0 Å². The van der Waals surface area contributed by atoms with E-state index in [9.17, 15) is 4.79 Å². The second kappa shape index (κ2) is 7.05. The topological polar surface area (TPSA) is 65.8 Å². The van der Waals surface area contributed by atoms with Gasteiger partial charge in [0.25, 0.3) is 5.91 Å². The summed E-state index contributed by atoms with van der Waals surface area (Å²) in [4.78, 5) is 14.3. The number of nitrogens with zero attached hydrogens (tertiary/aromatic N) is 3. The summed E-state index contributed by atoms with van der Waals surface area (Å²) in [5, 5.41) is 4.19. The summed E-state index contributed by atoms with van der Waals surface area (Å²) < 4.78 is 19.3. The molecule has 0 unspecified atom stereocenters. The molecule has 1 amide bonds. The molecule has 4 rings (SSSR count). The van der Waals surface area contributed by atoms with E-state index >= 15 is 0 Å². The second-order valence-corrected chi connectivity index (χ2v) is 7.57. The van der Waals surface area contributed by atoms with E-state index in [1.54, 1.807) is 16.9 Å². The first-order valence-electron chi connectivity index (χ1n) is 9.26. The minimum atomic E-state index is -0.219. The smallest absolute Gasteiger partial charge is 0.274 e. The predicted molar refractivity (Wildman–Crippen MR) is 90.3 cm³/mol. The Morgan fingerprint density at radius 1 is 1.32 bits per heavy atom. The number of amides is 1. The van der Waals surface area contributed by atoms with Crippen LogP contribution >= 0.6 is 0 Å². The van der Waals surface area contributed by atoms with E-state index < -0.39 is 0 Å². The van der Waals surface area contributed by atoms with Crippen molar-refractivity contribution in [1.29, 1.82) is 0 Å². The summed E-state index contributed by atoms with van der Waals surface area (Å²) in [6, 6.07) is 1.76. The number of ether oxygens (including phenoxy) is 3. The number of likely N-dealkylation sites (tertiary alicyclic amines) is 1. The molecule has 3 saturated heterocycles. The summed E-state index contributed by atoms with van der Waals surface area (Å²) in [6.45, 7) is 4.52. The quantitative estimate of drug-likeness (QED) is 0.818. The lowest BCUT2D eigenvalue weighted by Gasteiger charge is -2.52. The fourth-order valence-corrected chi connectivity index (χ4v) is 4.01. The average Bonchev–Trinajstić information content (AvgIpc) is 3.05. The summed E-state index contributed by atoms with van der Waals surface area (Å²) in [7, 11) is 1.82. The summed E-state index contributed by atoms with van der Waals surface area (Å²) in [5.41, 5.74) is 0.281. The van der Waals surface area contributed by atoms with Gasteiger partial charge >= 0.3 is 0 Å². The number of carbonyl (C=O) groups is 1. The van der Waals surface area contributed by atoms with Crippen molar-refractivity contribution < 1.29 is 19.0 Å². The Balaban J connectivity index is 1.26. The standard InChI is InChI=1S/C18H27N3O4/c1-20-6-2-16(19-20)17(22)21-12-18(13-21)10-15(5-9-25-18)24-11-14-3-7-23-8-4-14/h2,6,14-15H,3-5,7-13H2,1H3/t15-/m0/s1. The lowest BCUT2D eigenvalue weighted by Crippen LogP contribution is -2.67. The summed E-state index contributed by atoms with van der Waals surface area (Å²) in [6.07, 6.45) is 6.05. The van der Waals surface area contributed by atoms with Gasteiger partial charge in [-0.25, -0.2) is 0 Å². The third-order valence-corrected chi connectivity index (χ3v) is 5.53. The zero-order valence-electron chi connectivity index (χ0n) is 14.9. The molecule has 3 aliphatic rings. The van der Waals surface area contributed by atoms with Gasteiger partial charge in [0.15, 0.2) is 0 Å². The van der Waals surface area contributed by atoms with Gasteiger partial charge in [0.1, 0.15) is 11.3 Å². The fraction of sp³-hybridized carbons (Fsp3) is 0.778. The zero-order valence-corrected chi connectivity index (χ0v) is 14.9. The maximum Gasteiger partial charge on any atom is 0.274 e. The van der Waals surface area contributed by atoms with Gasteiger partial charge in [0.2, 0.25) is 0 Å². The zero-order chi connectivity index (χ0) is 17.3. The maximum absolute atomic E-state index is 12.4. The largest absolute Gasteiger partial charge is 0.381 e. The highest BCUT2D eigenvalue weighted by Gasteiger charge is 2.50. The Labute approximate surface area is 148 Å². The average molecular weight is 349 g/mol. The number of aromatic nitrogens is 2. The van der Waals surface area contributed by atoms with Crippen molar-refractivity contribution in [3.05, 3.63) is 18.0 Å². The molecule has 1 atom stereocenters. The van der Waals surface area contributed by atoms with Crippen LogP contribution in [0.4, 0.5) is 0 Å². The third kappa shape index (κ3) is 3.73. The summed E-state index contributed by atoms with van der Waals surface area (Å²) in [5.74, 6) is 0.608. The molecule has 7 nitrogen and oxygen atoms in total. The van der Waals surface area contributed by atoms with Gasteiger partial charge in [-0.15, -0.1) is 0 Å². The highest BCUT2D eigenvalue weighted by molar-refractivity contribution is 5.93. The minimum absolute atomic E-state index is 0.0138. The number of hydrogen-bond donors (Lipinski definition) is 0. The van der Waals surface area contributed by atoms with E-state index in [2.05, 4.69) is 5.10 Å². The van der Waals surface area contributed by atoms with E-state index in [1.807, 2.05) is 11.9 Å². The van der Waals surface area contributed by atoms with Crippen molar-refractivity contribution in [2.45, 2.75) is 37.4 Å². The van der Waals surface area contributed by atoms with Gasteiger partial charge in [-0.05, 0) is 31.2 Å². The van der Waals surface area contributed by atoms with Gasteiger partial charge < -0.3 is 19.1 Å². The third-order valence-electron chi connectivity index (χ3n) is 5.53. The predicted octanol–water partition coefficient (Wildman–Crippen LogP) is 1.24. The molecule has 0 saturated carbocycles. The van der Waals surface area contributed by atoms with Gasteiger partial charge in [-0.2, -0.15) is 5.10 Å². The molecule has 0 N–H and O–H groups in total. The maximum atomic E-state index is 12.4. The van der Waals surface area contributed by atoms with Gasteiger partial charge in [0, 0.05) is 46.1 Å². The van der Waals surface area contributed by atoms with Crippen molar-refractivity contribution in [2.75, 3.05) is 39.5 Å². The van der Waals surface area contributed by atoms with Crippen LogP contribution in [0.25, 0.3) is 0 Å². The molecule has 3 aliphatic heterocycles. The Kier molecular flexibility index (Phi) is 4.80. The van der Waals surface area contributed by atoms with Crippen LogP contribution in [-0.2, 0) is 21.3 Å². The molecule has 138 valence electrons. The van der Waals surface area contributed by atoms with Gasteiger partial charge in [-0.1, -0.05) is 0 Å². The molecule has 0 aliphatic carbocycles. The Morgan fingerprint density at radius 2 is 2.12 bits per heavy atom. The minimum Gasteiger partial charge on any atom is -0.381 e. The molecule has 4 heterocycles. The molecule has 0 aromatic carbocycles. The van der Waals surface area contributed by atoms with Crippen LogP contribution in [-0.4, -0.2) is 71.8 Å². The lowest BCUT2D eigenvalue weighted by molar-refractivity contribution is -0.188. The number of rotatable bonds is 4. The molecule has 7 heteroatoms. The van der Waals surface area contributed by atoms with Crippen molar-refractivity contribution in [2.24, 2.45) is 13.0 Å². The molecular formula is C18H27N3O4. The Morgan fingerprint density at radius 3 is 2.84 bits per heavy atom. The van der Waals surface area contributed by atoms with Crippen LogP contribution in [0, 0.1) is 5.92 Å². The first-order chi connectivity index (χ1) is 12.1. The van der Waals surface area contributed by atoms with E-state index in [0.717, 1.165) is 45.5 Å². The fourth-order valence-electron chi connectivity index (χ4n) is 4.01. The van der Waals surface area contributed by atoms with Crippen LogP contribution in [0.15, 0.2) is 12.3 Å². The highest BCUT2D eigenvalue weighted by atomic mass is 16.5. The Hall–Kier alpha value is -1.44. The molecule has 1 aromatic heterocycles. The number of aryl methyl sites for hydroxylation is 1. The van der Waals surface area contributed by atoms with Crippen molar-refractivity contribution in [3.63, 3.8) is 0 Å². The molecule has 1 aromatic rings. The van der Waals surface area contributed by atoms with E-state index in [4.69, 9.17) is 14.2 Å². The van der Waals surface area contributed by atoms with Gasteiger partial charge in [0.05, 0.1) is 19.2 Å². The van der Waals surface area contributed by atoms with E-state index in [-0.39, 0.29) is 17.6 Å². The van der Waals surface area contributed by atoms with Gasteiger partial charge in [-0.3, -0.25) is 9.48 Å².